The molecule has 0 unspecified atom stereocenters. The molecule has 0 aromatic carbocycles. The molecule has 0 radical (unpaired) electrons. The quantitative estimate of drug-likeness (QED) is 0.543. The lowest BCUT2D eigenvalue weighted by atomic mass is 10.1. The number of likely N-dealkylation sites (tertiary alicyclic amines) is 1. The Morgan fingerprint density at radius 2 is 1.81 bits per heavy atom. The molecule has 1 rings (SSSR count). The van der Waals surface area contributed by atoms with E-state index in [-0.39, 0.29) is 5.97 Å². The molecule has 0 N–H and O–H groups in total. The van der Waals surface area contributed by atoms with Crippen LogP contribution < -0.4 is 0 Å². The highest BCUT2D eigenvalue weighted by molar-refractivity contribution is 5.88. The van der Waals surface area contributed by atoms with Crippen molar-refractivity contribution in [2.45, 2.75) is 40.0 Å². The van der Waals surface area contributed by atoms with Crippen LogP contribution in [0.25, 0.3) is 0 Å². The summed E-state index contributed by atoms with van der Waals surface area (Å²) in [5.41, 5.74) is 1.91. The monoisotopic (exact) mass is 225 g/mol. The van der Waals surface area contributed by atoms with Gasteiger partial charge in [-0.2, -0.15) is 0 Å². The van der Waals surface area contributed by atoms with Gasteiger partial charge in [0.15, 0.2) is 0 Å². The minimum atomic E-state index is -0.169. The van der Waals surface area contributed by atoms with E-state index in [1.165, 1.54) is 19.3 Å². The third-order valence-electron chi connectivity index (χ3n) is 3.13. The molecule has 3 heteroatoms. The van der Waals surface area contributed by atoms with E-state index in [2.05, 4.69) is 4.90 Å². The van der Waals surface area contributed by atoms with Crippen molar-refractivity contribution in [3.05, 3.63) is 11.1 Å². The van der Waals surface area contributed by atoms with Crippen LogP contribution in [0.5, 0.6) is 0 Å². The molecule has 3 nitrogen and oxygen atoms in total. The average molecular weight is 225 g/mol. The van der Waals surface area contributed by atoms with Crippen molar-refractivity contribution in [3.63, 3.8) is 0 Å². The van der Waals surface area contributed by atoms with Crippen molar-refractivity contribution >= 4 is 5.97 Å². The predicted octanol–water partition coefficient (Wildman–Crippen LogP) is 2.37. The van der Waals surface area contributed by atoms with E-state index in [1.807, 2.05) is 20.8 Å². The molecule has 0 atom stereocenters. The summed E-state index contributed by atoms with van der Waals surface area (Å²) in [5.74, 6) is -0.169. The summed E-state index contributed by atoms with van der Waals surface area (Å²) in [4.78, 5) is 13.9. The molecule has 1 aliphatic rings. The van der Waals surface area contributed by atoms with E-state index in [4.69, 9.17) is 4.74 Å². The number of carbonyl (C=O) groups excluding carboxylic acids is 1. The largest absolute Gasteiger partial charge is 0.463 e. The Morgan fingerprint density at radius 3 is 2.38 bits per heavy atom. The van der Waals surface area contributed by atoms with Gasteiger partial charge in [0.1, 0.15) is 0 Å². The fourth-order valence-corrected chi connectivity index (χ4v) is 1.99. The summed E-state index contributed by atoms with van der Waals surface area (Å²) in [6, 6.07) is 0. The zero-order valence-electron chi connectivity index (χ0n) is 10.7. The third kappa shape index (κ3) is 3.97. The van der Waals surface area contributed by atoms with Crippen molar-refractivity contribution in [1.82, 2.24) is 4.90 Å². The molecule has 92 valence electrons. The Bertz CT molecular complexity index is 265. The van der Waals surface area contributed by atoms with Crippen LogP contribution in [0.2, 0.25) is 0 Å². The number of piperidine rings is 1. The van der Waals surface area contributed by atoms with Gasteiger partial charge in [0.05, 0.1) is 6.61 Å². The third-order valence-corrected chi connectivity index (χ3v) is 3.13. The molecule has 1 heterocycles. The second kappa shape index (κ2) is 6.69. The number of carbonyl (C=O) groups is 1. The predicted molar refractivity (Wildman–Crippen MR) is 65.3 cm³/mol. The van der Waals surface area contributed by atoms with Gasteiger partial charge in [-0.1, -0.05) is 6.42 Å². The van der Waals surface area contributed by atoms with Crippen LogP contribution in [-0.2, 0) is 9.53 Å². The van der Waals surface area contributed by atoms with E-state index in [0.29, 0.717) is 6.61 Å². The highest BCUT2D eigenvalue weighted by Gasteiger charge is 2.14. The summed E-state index contributed by atoms with van der Waals surface area (Å²) in [6.45, 7) is 9.40. The number of ether oxygens (including phenoxy) is 1. The maximum absolute atomic E-state index is 11.5. The lowest BCUT2D eigenvalue weighted by Crippen LogP contribution is -2.31. The minimum Gasteiger partial charge on any atom is -0.463 e. The fraction of sp³-hybridized carbons (Fsp3) is 0.769. The number of esters is 1. The number of hydrogen-bond acceptors (Lipinski definition) is 3. The summed E-state index contributed by atoms with van der Waals surface area (Å²) >= 11 is 0. The van der Waals surface area contributed by atoms with E-state index >= 15 is 0 Å². The normalized spacial score (nSPS) is 19.2. The lowest BCUT2D eigenvalue weighted by molar-refractivity contribution is -0.138. The second-order valence-corrected chi connectivity index (χ2v) is 4.46. The van der Waals surface area contributed by atoms with Gasteiger partial charge in [-0.15, -0.1) is 0 Å². The summed E-state index contributed by atoms with van der Waals surface area (Å²) in [6.07, 6.45) is 3.91. The van der Waals surface area contributed by atoms with Crippen LogP contribution in [0, 0.1) is 0 Å². The molecule has 1 fully saturated rings. The van der Waals surface area contributed by atoms with Gasteiger partial charge in [-0.05, 0) is 52.3 Å². The topological polar surface area (TPSA) is 29.5 Å². The summed E-state index contributed by atoms with van der Waals surface area (Å²) < 4.78 is 5.00. The Hall–Kier alpha value is -0.830. The Kier molecular flexibility index (Phi) is 5.53. The number of nitrogens with zero attached hydrogens (tertiary/aromatic N) is 1. The molecule has 1 aliphatic heterocycles. The van der Waals surface area contributed by atoms with Gasteiger partial charge >= 0.3 is 5.97 Å². The van der Waals surface area contributed by atoms with Crippen LogP contribution in [0.4, 0.5) is 0 Å². The van der Waals surface area contributed by atoms with E-state index in [9.17, 15) is 4.79 Å². The van der Waals surface area contributed by atoms with Crippen LogP contribution in [0.3, 0.4) is 0 Å². The van der Waals surface area contributed by atoms with Gasteiger partial charge in [0.25, 0.3) is 0 Å². The van der Waals surface area contributed by atoms with Gasteiger partial charge < -0.3 is 4.74 Å². The van der Waals surface area contributed by atoms with E-state index in [1.54, 1.807) is 0 Å². The standard InChI is InChI=1S/C13H23NO2/c1-4-16-13(15)12(3)11(2)10-14-8-6-5-7-9-14/h4-10H2,1-3H3. The maximum Gasteiger partial charge on any atom is 0.333 e. The average Bonchev–Trinajstić information content (AvgIpc) is 2.29. The molecule has 0 saturated carbocycles. The minimum absolute atomic E-state index is 0.169. The van der Waals surface area contributed by atoms with E-state index in [0.717, 1.165) is 30.8 Å². The van der Waals surface area contributed by atoms with Crippen molar-refractivity contribution in [2.24, 2.45) is 0 Å². The summed E-state index contributed by atoms with van der Waals surface area (Å²) in [5, 5.41) is 0. The van der Waals surface area contributed by atoms with Crippen molar-refractivity contribution in [2.75, 3.05) is 26.2 Å². The molecule has 0 aliphatic carbocycles. The first kappa shape index (κ1) is 13.2. The Labute approximate surface area is 98.5 Å². The van der Waals surface area contributed by atoms with Crippen molar-refractivity contribution in [3.8, 4) is 0 Å². The van der Waals surface area contributed by atoms with Crippen LogP contribution in [0.1, 0.15) is 40.0 Å². The molecule has 0 amide bonds. The first-order valence-electron chi connectivity index (χ1n) is 6.21. The maximum atomic E-state index is 11.5. The molecular formula is C13H23NO2. The van der Waals surface area contributed by atoms with Crippen LogP contribution in [-0.4, -0.2) is 37.1 Å². The molecule has 0 aromatic rings. The first-order chi connectivity index (χ1) is 7.65. The van der Waals surface area contributed by atoms with Crippen molar-refractivity contribution < 1.29 is 9.53 Å². The number of hydrogen-bond donors (Lipinski definition) is 0. The van der Waals surface area contributed by atoms with Gasteiger partial charge in [0.2, 0.25) is 0 Å². The highest BCUT2D eigenvalue weighted by atomic mass is 16.5. The van der Waals surface area contributed by atoms with Crippen molar-refractivity contribution in [1.29, 1.82) is 0 Å². The fourth-order valence-electron chi connectivity index (χ4n) is 1.99. The zero-order chi connectivity index (χ0) is 12.0. The van der Waals surface area contributed by atoms with Crippen LogP contribution in [0.15, 0.2) is 11.1 Å². The van der Waals surface area contributed by atoms with Gasteiger partial charge in [-0.3, -0.25) is 4.90 Å². The first-order valence-corrected chi connectivity index (χ1v) is 6.21. The smallest absolute Gasteiger partial charge is 0.333 e. The molecule has 16 heavy (non-hydrogen) atoms. The lowest BCUT2D eigenvalue weighted by Gasteiger charge is -2.27. The Balaban J connectivity index is 2.50. The molecule has 0 aromatic heterocycles. The zero-order valence-corrected chi connectivity index (χ0v) is 10.7. The van der Waals surface area contributed by atoms with Gasteiger partial charge in [0, 0.05) is 12.1 Å². The molecular weight excluding hydrogens is 202 g/mol. The SMILES string of the molecule is CCOC(=O)C(C)=C(C)CN1CCCCC1. The Morgan fingerprint density at radius 1 is 1.19 bits per heavy atom. The number of rotatable bonds is 4. The van der Waals surface area contributed by atoms with E-state index < -0.39 is 0 Å². The summed E-state index contributed by atoms with van der Waals surface area (Å²) in [7, 11) is 0. The van der Waals surface area contributed by atoms with Gasteiger partial charge in [-0.25, -0.2) is 4.79 Å². The molecule has 0 spiro atoms. The second-order valence-electron chi connectivity index (χ2n) is 4.46. The highest BCUT2D eigenvalue weighted by Crippen LogP contribution is 2.13. The molecule has 1 saturated heterocycles. The van der Waals surface area contributed by atoms with Crippen LogP contribution >= 0.6 is 0 Å². The molecule has 0 bridgehead atoms.